The highest BCUT2D eigenvalue weighted by Crippen LogP contribution is 2.30. The van der Waals surface area contributed by atoms with Crippen molar-refractivity contribution in [1.82, 2.24) is 14.5 Å². The lowest BCUT2D eigenvalue weighted by atomic mass is 9.83. The maximum Gasteiger partial charge on any atom is 0.225 e. The van der Waals surface area contributed by atoms with Gasteiger partial charge in [-0.1, -0.05) is 18.6 Å². The van der Waals surface area contributed by atoms with E-state index in [9.17, 15) is 9.18 Å². The summed E-state index contributed by atoms with van der Waals surface area (Å²) in [7, 11) is 0. The van der Waals surface area contributed by atoms with Gasteiger partial charge in [0.1, 0.15) is 11.6 Å². The Morgan fingerprint density at radius 2 is 1.96 bits per heavy atom. The largest absolute Gasteiger partial charge is 0.342 e. The Hall–Kier alpha value is -2.17. The Balaban J connectivity index is 1.43. The van der Waals surface area contributed by atoms with Crippen LogP contribution in [0, 0.1) is 24.6 Å². The van der Waals surface area contributed by atoms with Gasteiger partial charge >= 0.3 is 0 Å². The third kappa shape index (κ3) is 4.07. The zero-order valence-corrected chi connectivity index (χ0v) is 16.0. The molecule has 5 heteroatoms. The van der Waals surface area contributed by atoms with Crippen molar-refractivity contribution in [2.75, 3.05) is 13.1 Å². The molecule has 1 amide bonds. The number of hydrogen-bond donors (Lipinski definition) is 0. The molecule has 2 aliphatic rings. The fourth-order valence-electron chi connectivity index (χ4n) is 4.27. The maximum absolute atomic E-state index is 13.2. The average Bonchev–Trinajstić information content (AvgIpc) is 2.96. The zero-order chi connectivity index (χ0) is 18.8. The molecule has 2 heterocycles. The standard InChI is InChI=1S/C22H28FN3O/c1-16-13-24-21(26(16)15-17-7-9-20(23)10-8-17)12-18-4-3-11-25(14-18)22(27)19-5-2-6-19/h7-10,13,18-19H,2-6,11-12,14-15H2,1H3. The molecule has 0 bridgehead atoms. The highest BCUT2D eigenvalue weighted by Gasteiger charge is 2.32. The van der Waals surface area contributed by atoms with Crippen LogP contribution in [0.5, 0.6) is 0 Å². The lowest BCUT2D eigenvalue weighted by Gasteiger charge is -2.37. The van der Waals surface area contributed by atoms with E-state index < -0.39 is 0 Å². The van der Waals surface area contributed by atoms with Gasteiger partial charge in [-0.25, -0.2) is 9.37 Å². The van der Waals surface area contributed by atoms with Gasteiger partial charge in [-0.2, -0.15) is 0 Å². The summed E-state index contributed by atoms with van der Waals surface area (Å²) >= 11 is 0. The van der Waals surface area contributed by atoms with E-state index in [0.29, 0.717) is 18.4 Å². The number of aryl methyl sites for hydroxylation is 1. The summed E-state index contributed by atoms with van der Waals surface area (Å²) < 4.78 is 15.4. The lowest BCUT2D eigenvalue weighted by Crippen LogP contribution is -2.45. The molecule has 1 saturated heterocycles. The van der Waals surface area contributed by atoms with E-state index in [1.807, 2.05) is 18.3 Å². The minimum Gasteiger partial charge on any atom is -0.342 e. The third-order valence-corrected chi connectivity index (χ3v) is 6.15. The molecule has 1 unspecified atom stereocenters. The topological polar surface area (TPSA) is 38.1 Å². The van der Waals surface area contributed by atoms with E-state index in [1.165, 1.54) is 18.6 Å². The second-order valence-electron chi connectivity index (χ2n) is 8.15. The lowest BCUT2D eigenvalue weighted by molar-refractivity contribution is -0.140. The molecule has 1 aromatic carbocycles. The van der Waals surface area contributed by atoms with Crippen molar-refractivity contribution in [3.63, 3.8) is 0 Å². The number of carbonyl (C=O) groups excluding carboxylic acids is 1. The smallest absolute Gasteiger partial charge is 0.225 e. The van der Waals surface area contributed by atoms with Gasteiger partial charge in [-0.15, -0.1) is 0 Å². The maximum atomic E-state index is 13.2. The van der Waals surface area contributed by atoms with E-state index in [1.54, 1.807) is 0 Å². The van der Waals surface area contributed by atoms with Gasteiger partial charge in [0.05, 0.1) is 0 Å². The SMILES string of the molecule is Cc1cnc(CC2CCCN(C(=O)C3CCC3)C2)n1Cc1ccc(F)cc1. The molecule has 1 saturated carbocycles. The molecular formula is C22H28FN3O. The Labute approximate surface area is 160 Å². The molecular weight excluding hydrogens is 341 g/mol. The van der Waals surface area contributed by atoms with Crippen LogP contribution in [0.4, 0.5) is 4.39 Å². The summed E-state index contributed by atoms with van der Waals surface area (Å²) in [5.41, 5.74) is 2.19. The van der Waals surface area contributed by atoms with E-state index in [0.717, 1.165) is 62.3 Å². The van der Waals surface area contributed by atoms with Gasteiger partial charge in [0.25, 0.3) is 0 Å². The Kier molecular flexibility index (Phi) is 5.28. The van der Waals surface area contributed by atoms with E-state index in [2.05, 4.69) is 21.4 Å². The van der Waals surface area contributed by atoms with Crippen molar-refractivity contribution in [2.45, 2.75) is 52.0 Å². The van der Waals surface area contributed by atoms with Crippen molar-refractivity contribution < 1.29 is 9.18 Å². The molecule has 4 nitrogen and oxygen atoms in total. The van der Waals surface area contributed by atoms with E-state index >= 15 is 0 Å². The van der Waals surface area contributed by atoms with E-state index in [4.69, 9.17) is 0 Å². The summed E-state index contributed by atoms with van der Waals surface area (Å²) in [6, 6.07) is 6.68. The molecule has 0 spiro atoms. The number of halogens is 1. The molecule has 4 rings (SSSR count). The molecule has 0 radical (unpaired) electrons. The quantitative estimate of drug-likeness (QED) is 0.800. The predicted molar refractivity (Wildman–Crippen MR) is 103 cm³/mol. The minimum absolute atomic E-state index is 0.209. The molecule has 0 N–H and O–H groups in total. The molecule has 2 aromatic rings. The number of aromatic nitrogens is 2. The monoisotopic (exact) mass is 369 g/mol. The van der Waals surface area contributed by atoms with Crippen molar-refractivity contribution in [2.24, 2.45) is 11.8 Å². The summed E-state index contributed by atoms with van der Waals surface area (Å²) in [5.74, 6) is 1.99. The molecule has 1 aliphatic heterocycles. The van der Waals surface area contributed by atoms with Gasteiger partial charge in [0.2, 0.25) is 5.91 Å². The fraction of sp³-hybridized carbons (Fsp3) is 0.545. The molecule has 27 heavy (non-hydrogen) atoms. The Morgan fingerprint density at radius 1 is 1.19 bits per heavy atom. The number of nitrogens with zero attached hydrogens (tertiary/aromatic N) is 3. The van der Waals surface area contributed by atoms with Crippen LogP contribution >= 0.6 is 0 Å². The predicted octanol–water partition coefficient (Wildman–Crippen LogP) is 3.96. The minimum atomic E-state index is -0.209. The first kappa shape index (κ1) is 18.2. The summed E-state index contributed by atoms with van der Waals surface area (Å²) in [6.45, 7) is 4.54. The summed E-state index contributed by atoms with van der Waals surface area (Å²) in [4.78, 5) is 19.3. The number of amides is 1. The van der Waals surface area contributed by atoms with Gasteiger partial charge in [-0.05, 0) is 56.2 Å². The average molecular weight is 369 g/mol. The number of hydrogen-bond acceptors (Lipinski definition) is 2. The second kappa shape index (κ2) is 7.83. The zero-order valence-electron chi connectivity index (χ0n) is 16.0. The normalized spacial score (nSPS) is 20.5. The van der Waals surface area contributed by atoms with Crippen LogP contribution in [-0.2, 0) is 17.8 Å². The van der Waals surface area contributed by atoms with Gasteiger partial charge in [-0.3, -0.25) is 4.79 Å². The number of likely N-dealkylation sites (tertiary alicyclic amines) is 1. The molecule has 1 aliphatic carbocycles. The third-order valence-electron chi connectivity index (χ3n) is 6.15. The van der Waals surface area contributed by atoms with Crippen LogP contribution in [0.3, 0.4) is 0 Å². The second-order valence-corrected chi connectivity index (χ2v) is 8.15. The first-order chi connectivity index (χ1) is 13.1. The van der Waals surface area contributed by atoms with Crippen molar-refractivity contribution in [1.29, 1.82) is 0 Å². The first-order valence-corrected chi connectivity index (χ1v) is 10.1. The van der Waals surface area contributed by atoms with Crippen LogP contribution < -0.4 is 0 Å². The first-order valence-electron chi connectivity index (χ1n) is 10.1. The van der Waals surface area contributed by atoms with Gasteiger partial charge in [0, 0.05) is 43.9 Å². The number of imidazole rings is 1. The van der Waals surface area contributed by atoms with Gasteiger partial charge in [0.15, 0.2) is 0 Å². The highest BCUT2D eigenvalue weighted by atomic mass is 19.1. The number of carbonyl (C=O) groups is 1. The number of rotatable bonds is 5. The summed E-state index contributed by atoms with van der Waals surface area (Å²) in [6.07, 6.45) is 8.39. The van der Waals surface area contributed by atoms with Crippen molar-refractivity contribution in [3.05, 3.63) is 53.4 Å². The molecule has 144 valence electrons. The Morgan fingerprint density at radius 3 is 2.67 bits per heavy atom. The van der Waals surface area contributed by atoms with Gasteiger partial charge < -0.3 is 9.47 Å². The van der Waals surface area contributed by atoms with Crippen LogP contribution in [0.1, 0.15) is 49.2 Å². The van der Waals surface area contributed by atoms with E-state index in [-0.39, 0.29) is 11.7 Å². The number of benzene rings is 1. The van der Waals surface area contributed by atoms with Crippen molar-refractivity contribution >= 4 is 5.91 Å². The molecule has 2 fully saturated rings. The van der Waals surface area contributed by atoms with Crippen LogP contribution in [-0.4, -0.2) is 33.4 Å². The fourth-order valence-corrected chi connectivity index (χ4v) is 4.27. The van der Waals surface area contributed by atoms with Crippen LogP contribution in [0.25, 0.3) is 0 Å². The van der Waals surface area contributed by atoms with Crippen LogP contribution in [0.2, 0.25) is 0 Å². The molecule has 1 atom stereocenters. The molecule has 1 aromatic heterocycles. The van der Waals surface area contributed by atoms with Crippen molar-refractivity contribution in [3.8, 4) is 0 Å². The van der Waals surface area contributed by atoms with Crippen LogP contribution in [0.15, 0.2) is 30.5 Å². The number of piperidine rings is 1. The Bertz CT molecular complexity index is 794. The highest BCUT2D eigenvalue weighted by molar-refractivity contribution is 5.79. The summed E-state index contributed by atoms with van der Waals surface area (Å²) in [5, 5.41) is 0.